The summed E-state index contributed by atoms with van der Waals surface area (Å²) in [5, 5.41) is 5.64. The van der Waals surface area contributed by atoms with Gasteiger partial charge in [0.2, 0.25) is 5.95 Å². The van der Waals surface area contributed by atoms with E-state index in [2.05, 4.69) is 27.5 Å². The maximum absolute atomic E-state index is 13.5. The third kappa shape index (κ3) is 5.68. The molecule has 1 aromatic heterocycles. The van der Waals surface area contributed by atoms with Crippen LogP contribution in [0.2, 0.25) is 0 Å². The van der Waals surface area contributed by atoms with Crippen molar-refractivity contribution in [2.24, 2.45) is 0 Å². The summed E-state index contributed by atoms with van der Waals surface area (Å²) in [5.41, 5.74) is 0.994. The third-order valence-electron chi connectivity index (χ3n) is 4.51. The first-order valence-electron chi connectivity index (χ1n) is 9.68. The lowest BCUT2D eigenvalue weighted by Crippen LogP contribution is -2.13. The molecule has 4 nitrogen and oxygen atoms in total. The molecule has 158 valence electrons. The molecule has 0 saturated carbocycles. The van der Waals surface area contributed by atoms with Crippen molar-refractivity contribution in [1.82, 2.24) is 9.97 Å². The number of hydrogen-bond acceptors (Lipinski definition) is 4. The normalized spacial score (nSPS) is 11.4. The molecule has 0 unspecified atom stereocenters. The fourth-order valence-electron chi connectivity index (χ4n) is 2.96. The predicted molar refractivity (Wildman–Crippen MR) is 110 cm³/mol. The molecule has 8 heteroatoms. The monoisotopic (exact) mass is 418 g/mol. The van der Waals surface area contributed by atoms with E-state index >= 15 is 0 Å². The second-order valence-corrected chi connectivity index (χ2v) is 6.82. The maximum Gasteiger partial charge on any atom is 0.421 e. The number of unbranched alkanes of at least 4 members (excludes halogenated alkanes) is 2. The third-order valence-corrected chi connectivity index (χ3v) is 4.51. The van der Waals surface area contributed by atoms with Gasteiger partial charge in [0, 0.05) is 17.6 Å². The average molecular weight is 418 g/mol. The Morgan fingerprint density at radius 3 is 2.37 bits per heavy atom. The Kier molecular flexibility index (Phi) is 6.87. The van der Waals surface area contributed by atoms with Gasteiger partial charge in [-0.3, -0.25) is 0 Å². The molecule has 1 heterocycles. The highest BCUT2D eigenvalue weighted by atomic mass is 19.4. The minimum atomic E-state index is -4.62. The lowest BCUT2D eigenvalue weighted by molar-refractivity contribution is -0.137. The number of nitrogens with zero attached hydrogens (tertiary/aromatic N) is 2. The van der Waals surface area contributed by atoms with E-state index in [9.17, 15) is 17.6 Å². The Bertz CT molecular complexity index is 972. The molecule has 0 saturated heterocycles. The second kappa shape index (κ2) is 9.56. The van der Waals surface area contributed by atoms with E-state index < -0.39 is 17.6 Å². The van der Waals surface area contributed by atoms with Crippen molar-refractivity contribution in [2.75, 3.05) is 10.6 Å². The summed E-state index contributed by atoms with van der Waals surface area (Å²) in [6.45, 7) is 2.09. The van der Waals surface area contributed by atoms with Gasteiger partial charge in [0.25, 0.3) is 0 Å². The van der Waals surface area contributed by atoms with Gasteiger partial charge in [-0.05, 0) is 48.7 Å². The summed E-state index contributed by atoms with van der Waals surface area (Å²) in [5.74, 6) is -0.790. The van der Waals surface area contributed by atoms with Crippen molar-refractivity contribution in [3.8, 4) is 0 Å². The van der Waals surface area contributed by atoms with E-state index in [0.29, 0.717) is 11.4 Å². The van der Waals surface area contributed by atoms with Crippen LogP contribution >= 0.6 is 0 Å². The standard InChI is InChI=1S/C22H22F4N4/c1-2-3-4-7-15-8-5-6-9-19(15)29-20-18(22(24,25)26)14-27-21(30-20)28-17-12-10-16(23)11-13-17/h5-6,8-14H,2-4,7H2,1H3,(H2,27,28,29,30). The van der Waals surface area contributed by atoms with Crippen LogP contribution in [0, 0.1) is 5.82 Å². The number of nitrogens with one attached hydrogen (secondary N) is 2. The van der Waals surface area contributed by atoms with E-state index in [0.717, 1.165) is 37.4 Å². The Labute approximate surface area is 172 Å². The Morgan fingerprint density at radius 1 is 0.933 bits per heavy atom. The lowest BCUT2D eigenvalue weighted by atomic mass is 10.1. The van der Waals surface area contributed by atoms with Crippen molar-refractivity contribution >= 4 is 23.1 Å². The minimum absolute atomic E-state index is 0.0272. The molecule has 30 heavy (non-hydrogen) atoms. The van der Waals surface area contributed by atoms with Crippen LogP contribution in [0.1, 0.15) is 37.3 Å². The Morgan fingerprint density at radius 2 is 1.67 bits per heavy atom. The maximum atomic E-state index is 13.5. The first-order valence-corrected chi connectivity index (χ1v) is 9.68. The van der Waals surface area contributed by atoms with Crippen LogP contribution in [0.25, 0.3) is 0 Å². The van der Waals surface area contributed by atoms with Crippen LogP contribution < -0.4 is 10.6 Å². The fraction of sp³-hybridized carbons (Fsp3) is 0.273. The Balaban J connectivity index is 1.91. The van der Waals surface area contributed by atoms with Gasteiger partial charge in [-0.25, -0.2) is 9.37 Å². The lowest BCUT2D eigenvalue weighted by Gasteiger charge is -2.17. The van der Waals surface area contributed by atoms with Gasteiger partial charge < -0.3 is 10.6 Å². The Hall–Kier alpha value is -3.16. The van der Waals surface area contributed by atoms with Gasteiger partial charge in [0.1, 0.15) is 17.2 Å². The summed E-state index contributed by atoms with van der Waals surface area (Å²) >= 11 is 0. The van der Waals surface area contributed by atoms with Crippen molar-refractivity contribution in [1.29, 1.82) is 0 Å². The van der Waals surface area contributed by atoms with E-state index in [1.807, 2.05) is 12.1 Å². The molecule has 0 amide bonds. The van der Waals surface area contributed by atoms with Crippen LogP contribution in [0.4, 0.5) is 40.7 Å². The first-order chi connectivity index (χ1) is 14.4. The number of para-hydroxylation sites is 1. The molecule has 0 radical (unpaired) electrons. The number of aryl methyl sites for hydroxylation is 1. The number of benzene rings is 2. The zero-order valence-corrected chi connectivity index (χ0v) is 16.4. The van der Waals surface area contributed by atoms with Gasteiger partial charge in [-0.1, -0.05) is 38.0 Å². The van der Waals surface area contributed by atoms with Gasteiger partial charge in [-0.15, -0.1) is 0 Å². The first kappa shape index (κ1) is 21.5. The van der Waals surface area contributed by atoms with E-state index in [1.54, 1.807) is 12.1 Å². The molecule has 3 rings (SSSR count). The molecule has 0 aliphatic carbocycles. The van der Waals surface area contributed by atoms with Crippen LogP contribution in [0.5, 0.6) is 0 Å². The smallest absolute Gasteiger partial charge is 0.339 e. The molecule has 2 N–H and O–H groups in total. The van der Waals surface area contributed by atoms with Crippen LogP contribution in [0.15, 0.2) is 54.7 Å². The molecule has 0 fully saturated rings. The molecule has 0 aliphatic rings. The van der Waals surface area contributed by atoms with Crippen molar-refractivity contribution in [3.05, 3.63) is 71.7 Å². The average Bonchev–Trinajstić information content (AvgIpc) is 2.70. The van der Waals surface area contributed by atoms with E-state index in [-0.39, 0.29) is 11.8 Å². The number of alkyl halides is 3. The largest absolute Gasteiger partial charge is 0.421 e. The van der Waals surface area contributed by atoms with Crippen LogP contribution in [-0.4, -0.2) is 9.97 Å². The molecule has 0 spiro atoms. The molecule has 2 aromatic carbocycles. The highest BCUT2D eigenvalue weighted by molar-refractivity contribution is 5.65. The zero-order chi connectivity index (χ0) is 21.6. The van der Waals surface area contributed by atoms with Crippen molar-refractivity contribution < 1.29 is 17.6 Å². The summed E-state index contributed by atoms with van der Waals surface area (Å²) in [7, 11) is 0. The summed E-state index contributed by atoms with van der Waals surface area (Å²) in [6.07, 6.45) is -0.0824. The van der Waals surface area contributed by atoms with Crippen LogP contribution in [-0.2, 0) is 12.6 Å². The number of anilines is 4. The van der Waals surface area contributed by atoms with Gasteiger partial charge in [-0.2, -0.15) is 18.2 Å². The van der Waals surface area contributed by atoms with Gasteiger partial charge in [0.05, 0.1) is 0 Å². The predicted octanol–water partition coefficient (Wildman–Crippen LogP) is 6.85. The minimum Gasteiger partial charge on any atom is -0.339 e. The second-order valence-electron chi connectivity index (χ2n) is 6.82. The van der Waals surface area contributed by atoms with Crippen molar-refractivity contribution in [3.63, 3.8) is 0 Å². The summed E-state index contributed by atoms with van der Waals surface area (Å²) in [4.78, 5) is 7.81. The van der Waals surface area contributed by atoms with Gasteiger partial charge >= 0.3 is 6.18 Å². The molecule has 0 aliphatic heterocycles. The quantitative estimate of drug-likeness (QED) is 0.310. The number of rotatable bonds is 8. The fourth-order valence-corrected chi connectivity index (χ4v) is 2.96. The SMILES string of the molecule is CCCCCc1ccccc1Nc1nc(Nc2ccc(F)cc2)ncc1C(F)(F)F. The number of halogens is 4. The number of aromatic nitrogens is 2. The molecular weight excluding hydrogens is 396 g/mol. The topological polar surface area (TPSA) is 49.8 Å². The molecule has 0 atom stereocenters. The number of hydrogen-bond donors (Lipinski definition) is 2. The highest BCUT2D eigenvalue weighted by Crippen LogP contribution is 2.36. The van der Waals surface area contributed by atoms with Gasteiger partial charge in [0.15, 0.2) is 0 Å². The summed E-state index contributed by atoms with van der Waals surface area (Å²) < 4.78 is 53.6. The van der Waals surface area contributed by atoms with E-state index in [4.69, 9.17) is 0 Å². The van der Waals surface area contributed by atoms with Crippen molar-refractivity contribution in [2.45, 2.75) is 38.8 Å². The molecular formula is C22H22F4N4. The summed E-state index contributed by atoms with van der Waals surface area (Å²) in [6, 6.07) is 12.6. The molecule has 3 aromatic rings. The van der Waals surface area contributed by atoms with E-state index in [1.165, 1.54) is 24.3 Å². The molecule has 0 bridgehead atoms. The zero-order valence-electron chi connectivity index (χ0n) is 16.4. The highest BCUT2D eigenvalue weighted by Gasteiger charge is 2.35. The van der Waals surface area contributed by atoms with Crippen LogP contribution in [0.3, 0.4) is 0 Å².